The predicted octanol–water partition coefficient (Wildman–Crippen LogP) is -0.877. The number of aromatic nitrogens is 3. The third-order valence-electron chi connectivity index (χ3n) is 1.88. The molecule has 0 bridgehead atoms. The van der Waals surface area contributed by atoms with Crippen molar-refractivity contribution in [3.8, 4) is 0 Å². The van der Waals surface area contributed by atoms with Gasteiger partial charge in [0.2, 0.25) is 11.9 Å². The fourth-order valence-corrected chi connectivity index (χ4v) is 1.13. The molecule has 0 aromatic carbocycles. The molecule has 1 heterocycles. The van der Waals surface area contributed by atoms with Gasteiger partial charge >= 0.3 is 0 Å². The van der Waals surface area contributed by atoms with Crippen molar-refractivity contribution >= 4 is 11.9 Å². The molecule has 0 aliphatic rings. The molecule has 1 aromatic rings. The molecule has 0 aliphatic carbocycles. The number of aliphatic hydroxyl groups is 1. The lowest BCUT2D eigenvalue weighted by Gasteiger charge is -2.12. The first kappa shape index (κ1) is 13.6. The average molecular weight is 243 g/mol. The number of nitrogen functional groups attached to an aromatic ring is 2. The highest BCUT2D eigenvalue weighted by Crippen LogP contribution is 2.13. The SMILES string of the molecule is CC(OCCOCCO)c1nc(N)nc(N)n1. The molecule has 0 saturated carbocycles. The molecule has 1 rings (SSSR count). The summed E-state index contributed by atoms with van der Waals surface area (Å²) in [4.78, 5) is 11.5. The van der Waals surface area contributed by atoms with Crippen molar-refractivity contribution in [1.82, 2.24) is 15.0 Å². The summed E-state index contributed by atoms with van der Waals surface area (Å²) < 4.78 is 10.5. The van der Waals surface area contributed by atoms with E-state index in [-0.39, 0.29) is 24.6 Å². The van der Waals surface area contributed by atoms with Crippen molar-refractivity contribution in [2.75, 3.05) is 37.9 Å². The second kappa shape index (κ2) is 6.94. The standard InChI is InChI=1S/C9H17N5O3/c1-6(17-5-4-16-3-2-15)7-12-8(10)14-9(11)13-7/h6,15H,2-5H2,1H3,(H4,10,11,12,13,14). The van der Waals surface area contributed by atoms with E-state index in [1.54, 1.807) is 6.92 Å². The lowest BCUT2D eigenvalue weighted by Crippen LogP contribution is -2.14. The Kier molecular flexibility index (Phi) is 5.53. The van der Waals surface area contributed by atoms with Crippen molar-refractivity contribution in [2.24, 2.45) is 0 Å². The van der Waals surface area contributed by atoms with E-state index >= 15 is 0 Å². The Morgan fingerprint density at radius 2 is 1.76 bits per heavy atom. The summed E-state index contributed by atoms with van der Waals surface area (Å²) in [6.45, 7) is 2.83. The summed E-state index contributed by atoms with van der Waals surface area (Å²) in [6, 6.07) is 0. The van der Waals surface area contributed by atoms with Gasteiger partial charge in [-0.2, -0.15) is 15.0 Å². The molecule has 5 N–H and O–H groups in total. The van der Waals surface area contributed by atoms with Gasteiger partial charge in [0, 0.05) is 0 Å². The molecule has 0 saturated heterocycles. The Labute approximate surface area is 99.0 Å². The van der Waals surface area contributed by atoms with Gasteiger partial charge in [0.05, 0.1) is 26.4 Å². The molecule has 0 amide bonds. The van der Waals surface area contributed by atoms with Crippen molar-refractivity contribution in [1.29, 1.82) is 0 Å². The van der Waals surface area contributed by atoms with Crippen LogP contribution in [0.2, 0.25) is 0 Å². The maximum absolute atomic E-state index is 8.49. The van der Waals surface area contributed by atoms with Crippen LogP contribution in [-0.2, 0) is 9.47 Å². The van der Waals surface area contributed by atoms with E-state index in [2.05, 4.69) is 15.0 Å². The minimum absolute atomic E-state index is 0.00388. The Bertz CT molecular complexity index is 329. The lowest BCUT2D eigenvalue weighted by atomic mass is 10.4. The second-order valence-corrected chi connectivity index (χ2v) is 3.26. The first-order valence-corrected chi connectivity index (χ1v) is 5.20. The first-order chi connectivity index (χ1) is 8.13. The van der Waals surface area contributed by atoms with Gasteiger partial charge in [-0.05, 0) is 6.92 Å². The summed E-state index contributed by atoms with van der Waals surface area (Å²) >= 11 is 0. The minimum Gasteiger partial charge on any atom is -0.394 e. The molecule has 0 radical (unpaired) electrons. The fourth-order valence-electron chi connectivity index (χ4n) is 1.13. The third-order valence-corrected chi connectivity index (χ3v) is 1.88. The number of nitrogens with two attached hydrogens (primary N) is 2. The van der Waals surface area contributed by atoms with Crippen LogP contribution in [0.5, 0.6) is 0 Å². The summed E-state index contributed by atoms with van der Waals surface area (Å²) in [5.41, 5.74) is 10.9. The van der Waals surface area contributed by atoms with Crippen molar-refractivity contribution < 1.29 is 14.6 Å². The highest BCUT2D eigenvalue weighted by molar-refractivity contribution is 5.26. The molecule has 0 fully saturated rings. The van der Waals surface area contributed by atoms with E-state index in [9.17, 15) is 0 Å². The van der Waals surface area contributed by atoms with Gasteiger partial charge in [-0.3, -0.25) is 0 Å². The second-order valence-electron chi connectivity index (χ2n) is 3.26. The predicted molar refractivity (Wildman–Crippen MR) is 60.9 cm³/mol. The number of ether oxygens (including phenoxy) is 2. The number of anilines is 2. The minimum atomic E-state index is -0.347. The van der Waals surface area contributed by atoms with Crippen LogP contribution in [0.4, 0.5) is 11.9 Å². The number of hydrogen-bond donors (Lipinski definition) is 3. The molecule has 0 aliphatic heterocycles. The molecule has 17 heavy (non-hydrogen) atoms. The molecule has 1 aromatic heterocycles. The van der Waals surface area contributed by atoms with E-state index in [0.717, 1.165) is 0 Å². The molecule has 96 valence electrons. The van der Waals surface area contributed by atoms with Crippen molar-refractivity contribution in [3.63, 3.8) is 0 Å². The van der Waals surface area contributed by atoms with Gasteiger partial charge in [-0.25, -0.2) is 0 Å². The van der Waals surface area contributed by atoms with Crippen LogP contribution in [0.3, 0.4) is 0 Å². The van der Waals surface area contributed by atoms with Gasteiger partial charge in [-0.1, -0.05) is 0 Å². The van der Waals surface area contributed by atoms with E-state index < -0.39 is 0 Å². The van der Waals surface area contributed by atoms with E-state index in [1.807, 2.05) is 0 Å². The summed E-state index contributed by atoms with van der Waals surface area (Å²) in [7, 11) is 0. The van der Waals surface area contributed by atoms with E-state index in [4.69, 9.17) is 26.0 Å². The number of hydrogen-bond acceptors (Lipinski definition) is 8. The highest BCUT2D eigenvalue weighted by atomic mass is 16.5. The Morgan fingerprint density at radius 3 is 2.35 bits per heavy atom. The van der Waals surface area contributed by atoms with Crippen LogP contribution in [-0.4, -0.2) is 46.5 Å². The van der Waals surface area contributed by atoms with Crippen molar-refractivity contribution in [2.45, 2.75) is 13.0 Å². The van der Waals surface area contributed by atoms with Crippen LogP contribution < -0.4 is 11.5 Å². The zero-order valence-corrected chi connectivity index (χ0v) is 9.67. The highest BCUT2D eigenvalue weighted by Gasteiger charge is 2.11. The molecule has 1 unspecified atom stereocenters. The molecular weight excluding hydrogens is 226 g/mol. The Morgan fingerprint density at radius 1 is 1.12 bits per heavy atom. The van der Waals surface area contributed by atoms with Crippen LogP contribution in [0, 0.1) is 0 Å². The smallest absolute Gasteiger partial charge is 0.225 e. The van der Waals surface area contributed by atoms with Gasteiger partial charge < -0.3 is 26.0 Å². The largest absolute Gasteiger partial charge is 0.394 e. The molecule has 8 nitrogen and oxygen atoms in total. The van der Waals surface area contributed by atoms with E-state index in [1.165, 1.54) is 0 Å². The molecule has 1 atom stereocenters. The quantitative estimate of drug-likeness (QED) is 0.526. The summed E-state index contributed by atoms with van der Waals surface area (Å²) in [6.07, 6.45) is -0.347. The molecule has 0 spiro atoms. The van der Waals surface area contributed by atoms with Crippen LogP contribution >= 0.6 is 0 Å². The summed E-state index contributed by atoms with van der Waals surface area (Å²) in [5, 5.41) is 8.49. The Hall–Kier alpha value is -1.51. The fraction of sp³-hybridized carbons (Fsp3) is 0.667. The van der Waals surface area contributed by atoms with Gasteiger partial charge in [0.25, 0.3) is 0 Å². The molecular formula is C9H17N5O3. The summed E-state index contributed by atoms with van der Waals surface area (Å²) in [5.74, 6) is 0.524. The van der Waals surface area contributed by atoms with Gasteiger partial charge in [0.15, 0.2) is 5.82 Å². The molecule has 8 heteroatoms. The lowest BCUT2D eigenvalue weighted by molar-refractivity contribution is 0.000491. The number of nitrogens with zero attached hydrogens (tertiary/aromatic N) is 3. The zero-order valence-electron chi connectivity index (χ0n) is 9.67. The maximum atomic E-state index is 8.49. The average Bonchev–Trinajstić information content (AvgIpc) is 2.27. The monoisotopic (exact) mass is 243 g/mol. The van der Waals surface area contributed by atoms with Crippen LogP contribution in [0.1, 0.15) is 18.9 Å². The van der Waals surface area contributed by atoms with Crippen molar-refractivity contribution in [3.05, 3.63) is 5.82 Å². The normalized spacial score (nSPS) is 12.6. The zero-order chi connectivity index (χ0) is 12.7. The van der Waals surface area contributed by atoms with E-state index in [0.29, 0.717) is 25.6 Å². The topological polar surface area (TPSA) is 129 Å². The third kappa shape index (κ3) is 4.89. The van der Waals surface area contributed by atoms with Gasteiger partial charge in [0.1, 0.15) is 6.10 Å². The Balaban J connectivity index is 2.38. The number of aliphatic hydroxyl groups excluding tert-OH is 1. The first-order valence-electron chi connectivity index (χ1n) is 5.20. The van der Waals surface area contributed by atoms with Crippen LogP contribution in [0.15, 0.2) is 0 Å². The maximum Gasteiger partial charge on any atom is 0.225 e. The van der Waals surface area contributed by atoms with Crippen LogP contribution in [0.25, 0.3) is 0 Å². The van der Waals surface area contributed by atoms with Gasteiger partial charge in [-0.15, -0.1) is 0 Å². The number of rotatable bonds is 7.